The molecule has 24 heavy (non-hydrogen) atoms. The Labute approximate surface area is 133 Å². The number of carbonyl (C=O) groups is 2. The summed E-state index contributed by atoms with van der Waals surface area (Å²) in [6, 6.07) is 1.29. The van der Waals surface area contributed by atoms with Crippen LogP contribution < -0.4 is 0 Å². The first-order valence-corrected chi connectivity index (χ1v) is 7.02. The van der Waals surface area contributed by atoms with Gasteiger partial charge in [-0.2, -0.15) is 13.2 Å². The van der Waals surface area contributed by atoms with Crippen LogP contribution >= 0.6 is 0 Å². The van der Waals surface area contributed by atoms with Gasteiger partial charge in [0, 0.05) is 17.7 Å². The summed E-state index contributed by atoms with van der Waals surface area (Å²) >= 11 is 0. The Morgan fingerprint density at radius 2 is 2.04 bits per heavy atom. The number of carbonyl (C=O) groups excluding carboxylic acids is 2. The summed E-state index contributed by atoms with van der Waals surface area (Å²) in [4.78, 5) is 24.7. The minimum atomic E-state index is -4.95. The normalized spacial score (nSPS) is 25.7. The summed E-state index contributed by atoms with van der Waals surface area (Å²) in [6.45, 7) is -0.848. The molecule has 0 aromatic heterocycles. The van der Waals surface area contributed by atoms with Gasteiger partial charge in [-0.05, 0) is 18.6 Å². The molecule has 1 aromatic rings. The smallest absolute Gasteiger partial charge is 0.419 e. The van der Waals surface area contributed by atoms with Crippen LogP contribution in [0.4, 0.5) is 22.0 Å². The number of ether oxygens (including phenoxy) is 1. The topological polar surface area (TPSA) is 46.6 Å². The number of hydrogen-bond donors (Lipinski definition) is 0. The van der Waals surface area contributed by atoms with Crippen molar-refractivity contribution in [2.75, 3.05) is 20.2 Å². The number of nitrogens with zero attached hydrogens (tertiary/aromatic N) is 1. The molecule has 9 heteroatoms. The first-order valence-electron chi connectivity index (χ1n) is 7.02. The average molecular weight is 349 g/mol. The van der Waals surface area contributed by atoms with Crippen LogP contribution in [0.1, 0.15) is 27.9 Å². The molecule has 1 aliphatic carbocycles. The third-order valence-corrected chi connectivity index (χ3v) is 4.47. The number of amides is 1. The number of fused-ring (bicyclic) bond motifs is 2. The van der Waals surface area contributed by atoms with Crippen molar-refractivity contribution in [2.24, 2.45) is 0 Å². The lowest BCUT2D eigenvalue weighted by molar-refractivity contribution is -0.141. The van der Waals surface area contributed by atoms with Gasteiger partial charge in [-0.3, -0.25) is 9.59 Å². The molecule has 3 rings (SSSR count). The fourth-order valence-corrected chi connectivity index (χ4v) is 3.15. The number of esters is 1. The van der Waals surface area contributed by atoms with Crippen molar-refractivity contribution in [1.82, 2.24) is 4.90 Å². The number of hydrogen-bond acceptors (Lipinski definition) is 3. The highest BCUT2D eigenvalue weighted by Crippen LogP contribution is 2.56. The van der Waals surface area contributed by atoms with Gasteiger partial charge in [0.25, 0.3) is 5.91 Å². The maximum atomic E-state index is 14.4. The molecule has 1 fully saturated rings. The van der Waals surface area contributed by atoms with Crippen molar-refractivity contribution in [3.8, 4) is 0 Å². The van der Waals surface area contributed by atoms with Crippen molar-refractivity contribution in [2.45, 2.75) is 24.2 Å². The first-order chi connectivity index (χ1) is 11.1. The molecule has 4 nitrogen and oxygen atoms in total. The molecule has 0 unspecified atom stereocenters. The molecule has 1 spiro atoms. The predicted octanol–water partition coefficient (Wildman–Crippen LogP) is 2.45. The summed E-state index contributed by atoms with van der Waals surface area (Å²) in [7, 11) is 1.10. The van der Waals surface area contributed by atoms with Crippen molar-refractivity contribution in [3.05, 3.63) is 34.6 Å². The summed E-state index contributed by atoms with van der Waals surface area (Å²) in [5.74, 6) is -3.20. The van der Waals surface area contributed by atoms with Crippen LogP contribution in [-0.2, 0) is 21.1 Å². The monoisotopic (exact) mass is 349 g/mol. The zero-order valence-corrected chi connectivity index (χ0v) is 12.4. The number of halogens is 5. The van der Waals surface area contributed by atoms with Gasteiger partial charge in [0.05, 0.1) is 18.1 Å². The standard InChI is InChI=1S/C15H12F5NO3/c1-24-10(22)5-21-6-14(4-9(14)16)11-7(13(21)23)2-3-8(12(11)17)15(18,19)20/h2-3,9H,4-6H2,1H3/t9-,14+/m1/s1. The Morgan fingerprint density at radius 1 is 1.42 bits per heavy atom. The molecule has 1 saturated carbocycles. The van der Waals surface area contributed by atoms with Gasteiger partial charge >= 0.3 is 12.1 Å². The van der Waals surface area contributed by atoms with E-state index in [1.165, 1.54) is 0 Å². The molecule has 1 aliphatic heterocycles. The molecule has 2 atom stereocenters. The highest BCUT2D eigenvalue weighted by molar-refractivity contribution is 5.99. The minimum absolute atomic E-state index is 0.205. The van der Waals surface area contributed by atoms with Gasteiger partial charge < -0.3 is 9.64 Å². The SMILES string of the molecule is COC(=O)CN1C[C@]2(C[C@H]2F)c2c(ccc(C(F)(F)F)c2F)C1=O. The lowest BCUT2D eigenvalue weighted by atomic mass is 9.84. The third-order valence-electron chi connectivity index (χ3n) is 4.47. The van der Waals surface area contributed by atoms with Crippen LogP contribution in [0.25, 0.3) is 0 Å². The highest BCUT2D eigenvalue weighted by atomic mass is 19.4. The fraction of sp³-hybridized carbons (Fsp3) is 0.467. The lowest BCUT2D eigenvalue weighted by Crippen LogP contribution is -2.47. The van der Waals surface area contributed by atoms with E-state index in [1.54, 1.807) is 0 Å². The first kappa shape index (κ1) is 16.7. The van der Waals surface area contributed by atoms with Crippen molar-refractivity contribution < 1.29 is 36.3 Å². The summed E-state index contributed by atoms with van der Waals surface area (Å²) in [6.07, 6.45) is -6.74. The molecule has 0 saturated heterocycles. The van der Waals surface area contributed by atoms with Crippen LogP contribution in [0.3, 0.4) is 0 Å². The van der Waals surface area contributed by atoms with Crippen molar-refractivity contribution in [1.29, 1.82) is 0 Å². The van der Waals surface area contributed by atoms with Gasteiger partial charge in [-0.1, -0.05) is 0 Å². The Hall–Kier alpha value is -2.19. The summed E-state index contributed by atoms with van der Waals surface area (Å²) < 4.78 is 71.5. The summed E-state index contributed by atoms with van der Waals surface area (Å²) in [5.41, 5.74) is -3.97. The second-order valence-electron chi connectivity index (χ2n) is 5.91. The molecule has 0 bridgehead atoms. The quantitative estimate of drug-likeness (QED) is 0.609. The molecule has 1 aromatic carbocycles. The van der Waals surface area contributed by atoms with E-state index in [0.29, 0.717) is 6.07 Å². The van der Waals surface area contributed by atoms with E-state index in [1.807, 2.05) is 0 Å². The van der Waals surface area contributed by atoms with E-state index in [0.717, 1.165) is 18.1 Å². The Kier molecular flexibility index (Phi) is 3.58. The number of methoxy groups -OCH3 is 1. The molecule has 2 aliphatic rings. The Balaban J connectivity index is 2.11. The minimum Gasteiger partial charge on any atom is -0.468 e. The second-order valence-corrected chi connectivity index (χ2v) is 5.91. The van der Waals surface area contributed by atoms with Gasteiger partial charge in [-0.25, -0.2) is 8.78 Å². The fourth-order valence-electron chi connectivity index (χ4n) is 3.15. The number of rotatable bonds is 2. The van der Waals surface area contributed by atoms with Crippen LogP contribution in [0, 0.1) is 5.82 Å². The zero-order valence-electron chi connectivity index (χ0n) is 12.4. The lowest BCUT2D eigenvalue weighted by Gasteiger charge is -2.34. The Bertz CT molecular complexity index is 733. The number of alkyl halides is 4. The molecular formula is C15H12F5NO3. The molecule has 1 heterocycles. The van der Waals surface area contributed by atoms with Crippen LogP contribution in [0.5, 0.6) is 0 Å². The molecule has 1 amide bonds. The van der Waals surface area contributed by atoms with E-state index < -0.39 is 53.1 Å². The van der Waals surface area contributed by atoms with E-state index in [9.17, 15) is 31.5 Å². The largest absolute Gasteiger partial charge is 0.468 e. The number of benzene rings is 1. The highest BCUT2D eigenvalue weighted by Gasteiger charge is 2.63. The van der Waals surface area contributed by atoms with E-state index >= 15 is 0 Å². The molecular weight excluding hydrogens is 337 g/mol. The Morgan fingerprint density at radius 3 is 2.54 bits per heavy atom. The van der Waals surface area contributed by atoms with Gasteiger partial charge in [0.15, 0.2) is 0 Å². The second kappa shape index (κ2) is 5.15. The third kappa shape index (κ3) is 2.33. The molecule has 0 radical (unpaired) electrons. The maximum absolute atomic E-state index is 14.4. The predicted molar refractivity (Wildman–Crippen MR) is 70.5 cm³/mol. The van der Waals surface area contributed by atoms with Crippen LogP contribution in [-0.4, -0.2) is 43.1 Å². The zero-order chi connectivity index (χ0) is 17.9. The van der Waals surface area contributed by atoms with Gasteiger partial charge in [-0.15, -0.1) is 0 Å². The van der Waals surface area contributed by atoms with Gasteiger partial charge in [0.2, 0.25) is 0 Å². The average Bonchev–Trinajstić information content (AvgIpc) is 3.12. The summed E-state index contributed by atoms with van der Waals surface area (Å²) in [5, 5.41) is 0. The van der Waals surface area contributed by atoms with Crippen molar-refractivity contribution in [3.63, 3.8) is 0 Å². The molecule has 0 N–H and O–H groups in total. The molecule has 130 valence electrons. The van der Waals surface area contributed by atoms with Gasteiger partial charge in [0.1, 0.15) is 18.5 Å². The van der Waals surface area contributed by atoms with Crippen LogP contribution in [0.2, 0.25) is 0 Å². The van der Waals surface area contributed by atoms with Crippen molar-refractivity contribution >= 4 is 11.9 Å². The maximum Gasteiger partial charge on any atom is 0.419 e. The van der Waals surface area contributed by atoms with E-state index in [4.69, 9.17) is 0 Å². The van der Waals surface area contributed by atoms with Crippen LogP contribution in [0.15, 0.2) is 12.1 Å². The van der Waals surface area contributed by atoms with E-state index in [-0.39, 0.29) is 18.5 Å². The van der Waals surface area contributed by atoms with E-state index in [2.05, 4.69) is 4.74 Å².